The van der Waals surface area contributed by atoms with E-state index in [9.17, 15) is 0 Å². The first-order chi connectivity index (χ1) is 9.97. The summed E-state index contributed by atoms with van der Waals surface area (Å²) >= 11 is 5.94. The Morgan fingerprint density at radius 3 is 2.38 bits per heavy atom. The molecular formula is C17H24ClN3. The van der Waals surface area contributed by atoms with Crippen LogP contribution >= 0.6 is 11.6 Å². The van der Waals surface area contributed by atoms with Crippen molar-refractivity contribution in [1.29, 1.82) is 0 Å². The first-order valence-electron chi connectivity index (χ1n) is 7.49. The highest BCUT2D eigenvalue weighted by molar-refractivity contribution is 6.30. The third kappa shape index (κ3) is 4.32. The Morgan fingerprint density at radius 2 is 1.81 bits per heavy atom. The largest absolute Gasteiger partial charge is 0.310 e. The minimum absolute atomic E-state index is 0.448. The summed E-state index contributed by atoms with van der Waals surface area (Å²) in [6.07, 6.45) is 1.99. The third-order valence-electron chi connectivity index (χ3n) is 3.45. The van der Waals surface area contributed by atoms with E-state index in [1.807, 2.05) is 18.3 Å². The molecule has 0 fully saturated rings. The molecule has 114 valence electrons. The van der Waals surface area contributed by atoms with E-state index in [4.69, 9.17) is 11.6 Å². The Hall–Kier alpha value is -1.32. The van der Waals surface area contributed by atoms with Gasteiger partial charge in [-0.05, 0) is 23.6 Å². The van der Waals surface area contributed by atoms with Crippen molar-refractivity contribution in [2.24, 2.45) is 0 Å². The van der Waals surface area contributed by atoms with E-state index in [-0.39, 0.29) is 0 Å². The molecule has 2 aromatic rings. The fourth-order valence-corrected chi connectivity index (χ4v) is 2.57. The van der Waals surface area contributed by atoms with Crippen LogP contribution in [0, 0.1) is 0 Å². The molecule has 3 nitrogen and oxygen atoms in total. The predicted molar refractivity (Wildman–Crippen MR) is 88.8 cm³/mol. The van der Waals surface area contributed by atoms with Gasteiger partial charge in [0, 0.05) is 28.9 Å². The average Bonchev–Trinajstić information content (AvgIpc) is 2.82. The van der Waals surface area contributed by atoms with E-state index < -0.39 is 0 Å². The average molecular weight is 306 g/mol. The highest BCUT2D eigenvalue weighted by Gasteiger charge is 2.14. The molecule has 2 rings (SSSR count). The summed E-state index contributed by atoms with van der Waals surface area (Å²) in [5, 5.41) is 8.82. The summed E-state index contributed by atoms with van der Waals surface area (Å²) in [5.74, 6) is 0.448. The molecule has 1 aromatic heterocycles. The zero-order valence-electron chi connectivity index (χ0n) is 13.2. The lowest BCUT2D eigenvalue weighted by atomic mass is 10.1. The summed E-state index contributed by atoms with van der Waals surface area (Å²) in [4.78, 5) is 0. The third-order valence-corrected chi connectivity index (χ3v) is 3.71. The lowest BCUT2D eigenvalue weighted by Crippen LogP contribution is -2.22. The monoisotopic (exact) mass is 305 g/mol. The maximum absolute atomic E-state index is 5.94. The van der Waals surface area contributed by atoms with Crippen LogP contribution in [0.1, 0.15) is 50.4 Å². The zero-order valence-corrected chi connectivity index (χ0v) is 14.0. The second kappa shape index (κ2) is 7.10. The maximum Gasteiger partial charge on any atom is 0.0662 e. The van der Waals surface area contributed by atoms with Crippen LogP contribution in [0.4, 0.5) is 0 Å². The molecule has 0 saturated heterocycles. The first-order valence-corrected chi connectivity index (χ1v) is 7.87. The smallest absolute Gasteiger partial charge is 0.0662 e. The normalized spacial score (nSPS) is 11.6. The van der Waals surface area contributed by atoms with Crippen LogP contribution in [0.5, 0.6) is 0 Å². The van der Waals surface area contributed by atoms with Crippen LogP contribution in [0.15, 0.2) is 30.5 Å². The molecule has 0 spiro atoms. The van der Waals surface area contributed by atoms with Crippen molar-refractivity contribution in [2.45, 2.75) is 52.7 Å². The molecule has 0 aliphatic carbocycles. The van der Waals surface area contributed by atoms with E-state index in [2.05, 4.69) is 54.9 Å². The molecular weight excluding hydrogens is 282 g/mol. The number of aromatic nitrogens is 2. The number of halogens is 1. The summed E-state index contributed by atoms with van der Waals surface area (Å²) in [6, 6.07) is 8.44. The number of hydrogen-bond acceptors (Lipinski definition) is 2. The molecule has 1 aromatic carbocycles. The minimum Gasteiger partial charge on any atom is -0.310 e. The van der Waals surface area contributed by atoms with Gasteiger partial charge in [0.25, 0.3) is 0 Å². The molecule has 0 radical (unpaired) electrons. The van der Waals surface area contributed by atoms with Crippen molar-refractivity contribution >= 4 is 11.6 Å². The number of hydrogen-bond donors (Lipinski definition) is 1. The van der Waals surface area contributed by atoms with Gasteiger partial charge < -0.3 is 5.32 Å². The van der Waals surface area contributed by atoms with Crippen molar-refractivity contribution in [3.8, 4) is 0 Å². The SMILES string of the molecule is CC(C)NCc1cnn(Cc2ccc(Cl)cc2)c1C(C)C. The van der Waals surface area contributed by atoms with Crippen molar-refractivity contribution in [3.63, 3.8) is 0 Å². The Bertz CT molecular complexity index is 570. The van der Waals surface area contributed by atoms with Crippen molar-refractivity contribution in [3.05, 3.63) is 52.3 Å². The lowest BCUT2D eigenvalue weighted by Gasteiger charge is -2.14. The minimum atomic E-state index is 0.448. The molecule has 1 heterocycles. The maximum atomic E-state index is 5.94. The zero-order chi connectivity index (χ0) is 15.4. The van der Waals surface area contributed by atoms with Gasteiger partial charge in [-0.2, -0.15) is 5.10 Å². The summed E-state index contributed by atoms with van der Waals surface area (Å²) in [6.45, 7) is 10.4. The molecule has 0 saturated carbocycles. The van der Waals surface area contributed by atoms with Gasteiger partial charge in [0.2, 0.25) is 0 Å². The van der Waals surface area contributed by atoms with Gasteiger partial charge in [0.05, 0.1) is 12.7 Å². The summed E-state index contributed by atoms with van der Waals surface area (Å²) < 4.78 is 2.10. The predicted octanol–water partition coefficient (Wildman–Crippen LogP) is 4.21. The van der Waals surface area contributed by atoms with E-state index in [0.717, 1.165) is 18.1 Å². The van der Waals surface area contributed by atoms with Gasteiger partial charge >= 0.3 is 0 Å². The molecule has 0 aliphatic rings. The van der Waals surface area contributed by atoms with E-state index in [0.29, 0.717) is 12.0 Å². The highest BCUT2D eigenvalue weighted by atomic mass is 35.5. The van der Waals surface area contributed by atoms with Crippen LogP contribution in [-0.2, 0) is 13.1 Å². The fourth-order valence-electron chi connectivity index (χ4n) is 2.44. The quantitative estimate of drug-likeness (QED) is 0.866. The number of nitrogens with one attached hydrogen (secondary N) is 1. The molecule has 0 bridgehead atoms. The highest BCUT2D eigenvalue weighted by Crippen LogP contribution is 2.21. The van der Waals surface area contributed by atoms with Crippen LogP contribution in [0.25, 0.3) is 0 Å². The molecule has 0 atom stereocenters. The van der Waals surface area contributed by atoms with Gasteiger partial charge in [-0.15, -0.1) is 0 Å². The van der Waals surface area contributed by atoms with Crippen LogP contribution in [0.3, 0.4) is 0 Å². The van der Waals surface area contributed by atoms with Crippen LogP contribution in [0.2, 0.25) is 5.02 Å². The van der Waals surface area contributed by atoms with E-state index >= 15 is 0 Å². The summed E-state index contributed by atoms with van der Waals surface area (Å²) in [7, 11) is 0. The molecule has 0 aliphatic heterocycles. The van der Waals surface area contributed by atoms with Gasteiger partial charge in [0.1, 0.15) is 0 Å². The first kappa shape index (κ1) is 16.1. The van der Waals surface area contributed by atoms with Gasteiger partial charge in [-0.25, -0.2) is 0 Å². The summed E-state index contributed by atoms with van der Waals surface area (Å²) in [5.41, 5.74) is 3.80. The van der Waals surface area contributed by atoms with E-state index in [1.54, 1.807) is 0 Å². The number of rotatable bonds is 6. The van der Waals surface area contributed by atoms with Crippen molar-refractivity contribution in [1.82, 2.24) is 15.1 Å². The number of nitrogens with zero attached hydrogens (tertiary/aromatic N) is 2. The Labute approximate surface area is 132 Å². The molecule has 0 amide bonds. The second-order valence-electron chi connectivity index (χ2n) is 6.03. The van der Waals surface area contributed by atoms with Gasteiger partial charge in [-0.1, -0.05) is 51.4 Å². The van der Waals surface area contributed by atoms with Crippen molar-refractivity contribution in [2.75, 3.05) is 0 Å². The van der Waals surface area contributed by atoms with Crippen LogP contribution < -0.4 is 5.32 Å². The van der Waals surface area contributed by atoms with Crippen molar-refractivity contribution < 1.29 is 0 Å². The fraction of sp³-hybridized carbons (Fsp3) is 0.471. The molecule has 1 N–H and O–H groups in total. The topological polar surface area (TPSA) is 29.9 Å². The van der Waals surface area contributed by atoms with E-state index in [1.165, 1.54) is 16.8 Å². The second-order valence-corrected chi connectivity index (χ2v) is 6.47. The van der Waals surface area contributed by atoms with Gasteiger partial charge in [0.15, 0.2) is 0 Å². The van der Waals surface area contributed by atoms with Crippen LogP contribution in [-0.4, -0.2) is 15.8 Å². The van der Waals surface area contributed by atoms with Gasteiger partial charge in [-0.3, -0.25) is 4.68 Å². The Balaban J connectivity index is 2.20. The molecule has 4 heteroatoms. The Kier molecular flexibility index (Phi) is 5.43. The Morgan fingerprint density at radius 1 is 1.14 bits per heavy atom. The molecule has 0 unspecified atom stereocenters. The lowest BCUT2D eigenvalue weighted by molar-refractivity contribution is 0.574. The number of benzene rings is 1. The standard InChI is InChI=1S/C17H24ClN3/c1-12(2)17-15(9-19-13(3)4)10-20-21(17)11-14-5-7-16(18)8-6-14/h5-8,10,12-13,19H,9,11H2,1-4H3. The molecule has 21 heavy (non-hydrogen) atoms.